The molecule has 0 heterocycles. The molecule has 2 N–H and O–H groups in total. The van der Waals surface area contributed by atoms with Gasteiger partial charge in [-0.15, -0.1) is 0 Å². The summed E-state index contributed by atoms with van der Waals surface area (Å²) in [5.41, 5.74) is 5.81. The summed E-state index contributed by atoms with van der Waals surface area (Å²) in [5.74, 6) is 0. The molecule has 0 aromatic rings. The molecule has 0 amide bonds. The van der Waals surface area contributed by atoms with E-state index in [9.17, 15) is 0 Å². The minimum Gasteiger partial charge on any atom is -0.381 e. The van der Waals surface area contributed by atoms with Gasteiger partial charge in [0.25, 0.3) is 0 Å². The van der Waals surface area contributed by atoms with Gasteiger partial charge in [0.15, 0.2) is 0 Å². The van der Waals surface area contributed by atoms with Crippen LogP contribution in [-0.2, 0) is 9.47 Å². The van der Waals surface area contributed by atoms with Crippen LogP contribution in [-0.4, -0.2) is 32.5 Å². The van der Waals surface area contributed by atoms with Crippen molar-refractivity contribution in [1.82, 2.24) is 0 Å². The van der Waals surface area contributed by atoms with Gasteiger partial charge < -0.3 is 15.2 Å². The van der Waals surface area contributed by atoms with Crippen molar-refractivity contribution in [2.75, 3.05) is 14.2 Å². The second-order valence-electron chi connectivity index (χ2n) is 3.18. The van der Waals surface area contributed by atoms with Gasteiger partial charge in [-0.1, -0.05) is 0 Å². The second-order valence-corrected chi connectivity index (χ2v) is 3.18. The summed E-state index contributed by atoms with van der Waals surface area (Å²) in [5, 5.41) is 0. The van der Waals surface area contributed by atoms with Crippen LogP contribution in [0, 0.1) is 0 Å². The van der Waals surface area contributed by atoms with Crippen LogP contribution in [0.2, 0.25) is 0 Å². The van der Waals surface area contributed by atoms with E-state index in [-0.39, 0.29) is 6.04 Å². The Bertz CT molecular complexity index is 107. The van der Waals surface area contributed by atoms with Crippen molar-refractivity contribution in [1.29, 1.82) is 0 Å². The molecule has 11 heavy (non-hydrogen) atoms. The molecule has 0 saturated heterocycles. The van der Waals surface area contributed by atoms with Crippen LogP contribution in [0.15, 0.2) is 0 Å². The molecule has 0 aromatic carbocycles. The maximum absolute atomic E-state index is 5.81. The smallest absolute Gasteiger partial charge is 0.0610 e. The highest BCUT2D eigenvalue weighted by molar-refractivity contribution is 4.81. The zero-order valence-corrected chi connectivity index (χ0v) is 7.25. The molecule has 0 radical (unpaired) electrons. The quantitative estimate of drug-likeness (QED) is 0.639. The highest BCUT2D eigenvalue weighted by atomic mass is 16.5. The summed E-state index contributed by atoms with van der Waals surface area (Å²) in [6.45, 7) is 0. The van der Waals surface area contributed by atoms with Crippen molar-refractivity contribution in [2.45, 2.75) is 37.5 Å². The predicted octanol–water partition coefficient (Wildman–Crippen LogP) is 0.528. The van der Waals surface area contributed by atoms with Gasteiger partial charge in [-0.2, -0.15) is 0 Å². The van der Waals surface area contributed by atoms with Crippen LogP contribution < -0.4 is 5.73 Å². The van der Waals surface area contributed by atoms with Gasteiger partial charge in [0.2, 0.25) is 0 Å². The van der Waals surface area contributed by atoms with Crippen LogP contribution in [0.25, 0.3) is 0 Å². The SMILES string of the molecule is COC1CC(N)CC(OC)C1. The summed E-state index contributed by atoms with van der Waals surface area (Å²) in [7, 11) is 3.46. The number of hydrogen-bond donors (Lipinski definition) is 1. The normalized spacial score (nSPS) is 39.0. The average molecular weight is 159 g/mol. The summed E-state index contributed by atoms with van der Waals surface area (Å²) in [6.07, 6.45) is 3.51. The third-order valence-electron chi connectivity index (χ3n) is 2.32. The lowest BCUT2D eigenvalue weighted by molar-refractivity contribution is -0.0158. The molecule has 1 saturated carbocycles. The Labute approximate surface area is 67.9 Å². The van der Waals surface area contributed by atoms with Crippen LogP contribution in [0.1, 0.15) is 19.3 Å². The zero-order chi connectivity index (χ0) is 8.27. The fourth-order valence-electron chi connectivity index (χ4n) is 1.64. The number of ether oxygens (including phenoxy) is 2. The number of rotatable bonds is 2. The van der Waals surface area contributed by atoms with Gasteiger partial charge in [0.05, 0.1) is 12.2 Å². The van der Waals surface area contributed by atoms with Crippen molar-refractivity contribution in [3.05, 3.63) is 0 Å². The number of methoxy groups -OCH3 is 2. The zero-order valence-electron chi connectivity index (χ0n) is 7.25. The molecule has 1 fully saturated rings. The van der Waals surface area contributed by atoms with Gasteiger partial charge in [0.1, 0.15) is 0 Å². The topological polar surface area (TPSA) is 44.5 Å². The summed E-state index contributed by atoms with van der Waals surface area (Å²) in [4.78, 5) is 0. The molecule has 0 bridgehead atoms. The minimum atomic E-state index is 0.249. The Kier molecular flexibility index (Phi) is 3.30. The maximum atomic E-state index is 5.81. The summed E-state index contributed by atoms with van der Waals surface area (Å²) < 4.78 is 10.5. The van der Waals surface area contributed by atoms with E-state index in [1.54, 1.807) is 14.2 Å². The van der Waals surface area contributed by atoms with E-state index in [0.717, 1.165) is 19.3 Å². The van der Waals surface area contributed by atoms with Crippen molar-refractivity contribution in [3.63, 3.8) is 0 Å². The fraction of sp³-hybridized carbons (Fsp3) is 1.00. The molecule has 0 aromatic heterocycles. The third-order valence-corrected chi connectivity index (χ3v) is 2.32. The minimum absolute atomic E-state index is 0.249. The van der Waals surface area contributed by atoms with Gasteiger partial charge >= 0.3 is 0 Å². The number of nitrogens with two attached hydrogens (primary N) is 1. The van der Waals surface area contributed by atoms with Gasteiger partial charge in [-0.05, 0) is 19.3 Å². The Morgan fingerprint density at radius 1 is 1.00 bits per heavy atom. The molecule has 1 rings (SSSR count). The van der Waals surface area contributed by atoms with E-state index >= 15 is 0 Å². The van der Waals surface area contributed by atoms with Crippen molar-refractivity contribution >= 4 is 0 Å². The van der Waals surface area contributed by atoms with Crippen LogP contribution >= 0.6 is 0 Å². The van der Waals surface area contributed by atoms with Crippen molar-refractivity contribution in [3.8, 4) is 0 Å². The monoisotopic (exact) mass is 159 g/mol. The van der Waals surface area contributed by atoms with E-state index in [1.807, 2.05) is 0 Å². The van der Waals surface area contributed by atoms with Crippen molar-refractivity contribution < 1.29 is 9.47 Å². The molecule has 2 atom stereocenters. The first-order valence-corrected chi connectivity index (χ1v) is 4.07. The van der Waals surface area contributed by atoms with E-state index in [1.165, 1.54) is 0 Å². The Morgan fingerprint density at radius 3 is 1.82 bits per heavy atom. The third kappa shape index (κ3) is 2.43. The Balaban J connectivity index is 2.37. The largest absolute Gasteiger partial charge is 0.381 e. The van der Waals surface area contributed by atoms with Crippen LogP contribution in [0.3, 0.4) is 0 Å². The summed E-state index contributed by atoms with van der Waals surface area (Å²) in [6, 6.07) is 0.249. The van der Waals surface area contributed by atoms with Gasteiger partial charge in [0, 0.05) is 20.3 Å². The average Bonchev–Trinajstić information content (AvgIpc) is 2.03. The lowest BCUT2D eigenvalue weighted by Crippen LogP contribution is -2.39. The van der Waals surface area contributed by atoms with E-state index in [2.05, 4.69) is 0 Å². The Morgan fingerprint density at radius 2 is 1.45 bits per heavy atom. The fourth-order valence-corrected chi connectivity index (χ4v) is 1.64. The molecule has 1 aliphatic rings. The van der Waals surface area contributed by atoms with E-state index in [0.29, 0.717) is 12.2 Å². The molecule has 2 unspecified atom stereocenters. The second kappa shape index (κ2) is 4.04. The molecule has 0 aliphatic heterocycles. The molecule has 66 valence electrons. The molecular formula is C8H17NO2. The first-order chi connectivity index (χ1) is 5.26. The van der Waals surface area contributed by atoms with Crippen molar-refractivity contribution in [2.24, 2.45) is 5.73 Å². The lowest BCUT2D eigenvalue weighted by Gasteiger charge is -2.31. The molecule has 3 nitrogen and oxygen atoms in total. The molecule has 0 spiro atoms. The first kappa shape index (κ1) is 8.97. The van der Waals surface area contributed by atoms with Crippen LogP contribution in [0.4, 0.5) is 0 Å². The van der Waals surface area contributed by atoms with Gasteiger partial charge in [-0.3, -0.25) is 0 Å². The number of hydrogen-bond acceptors (Lipinski definition) is 3. The molecule has 1 aliphatic carbocycles. The highest BCUT2D eigenvalue weighted by Crippen LogP contribution is 2.21. The predicted molar refractivity (Wildman–Crippen MR) is 43.4 cm³/mol. The highest BCUT2D eigenvalue weighted by Gasteiger charge is 2.26. The van der Waals surface area contributed by atoms with E-state index in [4.69, 9.17) is 15.2 Å². The maximum Gasteiger partial charge on any atom is 0.0610 e. The first-order valence-electron chi connectivity index (χ1n) is 4.07. The van der Waals surface area contributed by atoms with Gasteiger partial charge in [-0.25, -0.2) is 0 Å². The molecule has 3 heteroatoms. The Hall–Kier alpha value is -0.120. The standard InChI is InChI=1S/C8H17NO2/c1-10-7-3-6(9)4-8(5-7)11-2/h6-8H,3-5,9H2,1-2H3. The molecular weight excluding hydrogens is 142 g/mol. The van der Waals surface area contributed by atoms with E-state index < -0.39 is 0 Å². The summed E-state index contributed by atoms with van der Waals surface area (Å²) >= 11 is 0. The van der Waals surface area contributed by atoms with Crippen LogP contribution in [0.5, 0.6) is 0 Å². The lowest BCUT2D eigenvalue weighted by atomic mass is 9.91.